The molecule has 0 bridgehead atoms. The van der Waals surface area contributed by atoms with Crippen molar-refractivity contribution in [3.8, 4) is 0 Å². The van der Waals surface area contributed by atoms with Gasteiger partial charge in [0.25, 0.3) is 0 Å². The molecule has 106 valence electrons. The summed E-state index contributed by atoms with van der Waals surface area (Å²) in [6.07, 6.45) is 1.81. The number of aromatic nitrogens is 1. The number of benzene rings is 1. The second-order valence-corrected chi connectivity index (χ2v) is 5.24. The molecule has 0 saturated heterocycles. The summed E-state index contributed by atoms with van der Waals surface area (Å²) in [4.78, 5) is 6.60. The minimum Gasteiger partial charge on any atom is -0.366 e. The van der Waals surface area contributed by atoms with Gasteiger partial charge in [0.15, 0.2) is 0 Å². The number of rotatable bonds is 5. The minimum absolute atomic E-state index is 0.0533. The highest BCUT2D eigenvalue weighted by Crippen LogP contribution is 2.27. The fourth-order valence-electron chi connectivity index (χ4n) is 2.15. The van der Waals surface area contributed by atoms with E-state index < -0.39 is 0 Å². The average Bonchev–Trinajstić information content (AvgIpc) is 2.45. The molecule has 4 heteroatoms. The summed E-state index contributed by atoms with van der Waals surface area (Å²) in [5.41, 5.74) is 9.00. The first-order valence-corrected chi connectivity index (χ1v) is 7.19. The molecule has 2 aromatic rings. The topological polar surface area (TPSA) is 42.2 Å². The smallest absolute Gasteiger partial charge is 0.0601 e. The Morgan fingerprint density at radius 1 is 1.30 bits per heavy atom. The molecule has 0 aliphatic rings. The Balaban J connectivity index is 2.22. The van der Waals surface area contributed by atoms with Gasteiger partial charge in [-0.15, -0.1) is 0 Å². The maximum absolute atomic E-state index is 6.31. The SMILES string of the molecule is CCN(Cc1ccccn1)c1ccc(C(C)N)c(Cl)c1. The molecule has 2 rings (SSSR count). The number of nitrogens with two attached hydrogens (primary N) is 1. The molecular weight excluding hydrogens is 270 g/mol. The molecule has 0 aliphatic heterocycles. The van der Waals surface area contributed by atoms with E-state index in [1.165, 1.54) is 0 Å². The summed E-state index contributed by atoms with van der Waals surface area (Å²) in [5, 5.41) is 0.719. The number of anilines is 1. The zero-order valence-electron chi connectivity index (χ0n) is 11.9. The molecule has 0 fully saturated rings. The molecule has 1 atom stereocenters. The van der Waals surface area contributed by atoms with Crippen LogP contribution in [0.4, 0.5) is 5.69 Å². The van der Waals surface area contributed by atoms with Gasteiger partial charge in [-0.05, 0) is 43.7 Å². The van der Waals surface area contributed by atoms with E-state index in [1.807, 2.05) is 43.5 Å². The predicted octanol–water partition coefficient (Wildman–Crippen LogP) is 3.78. The van der Waals surface area contributed by atoms with Crippen LogP contribution in [0.25, 0.3) is 0 Å². The fourth-order valence-corrected chi connectivity index (χ4v) is 2.50. The van der Waals surface area contributed by atoms with Crippen molar-refractivity contribution in [2.45, 2.75) is 26.4 Å². The van der Waals surface area contributed by atoms with Gasteiger partial charge < -0.3 is 10.6 Å². The van der Waals surface area contributed by atoms with Crippen molar-refractivity contribution in [2.24, 2.45) is 5.73 Å². The van der Waals surface area contributed by atoms with E-state index in [0.717, 1.165) is 35.1 Å². The Morgan fingerprint density at radius 3 is 2.65 bits per heavy atom. The van der Waals surface area contributed by atoms with Crippen LogP contribution in [-0.4, -0.2) is 11.5 Å². The molecule has 3 nitrogen and oxygen atoms in total. The van der Waals surface area contributed by atoms with Crippen LogP contribution < -0.4 is 10.6 Å². The first kappa shape index (κ1) is 14.8. The first-order valence-electron chi connectivity index (χ1n) is 6.81. The molecule has 0 amide bonds. The third-order valence-corrected chi connectivity index (χ3v) is 3.63. The highest BCUT2D eigenvalue weighted by molar-refractivity contribution is 6.31. The van der Waals surface area contributed by atoms with Crippen LogP contribution in [0.2, 0.25) is 5.02 Å². The summed E-state index contributed by atoms with van der Waals surface area (Å²) in [6, 6.07) is 12.0. The zero-order chi connectivity index (χ0) is 14.5. The Bertz CT molecular complexity index is 555. The second-order valence-electron chi connectivity index (χ2n) is 4.83. The van der Waals surface area contributed by atoms with Gasteiger partial charge in [0.1, 0.15) is 0 Å². The van der Waals surface area contributed by atoms with E-state index in [0.29, 0.717) is 0 Å². The maximum Gasteiger partial charge on any atom is 0.0601 e. The Labute approximate surface area is 125 Å². The highest BCUT2D eigenvalue weighted by Gasteiger charge is 2.10. The third kappa shape index (κ3) is 3.50. The van der Waals surface area contributed by atoms with Crippen LogP contribution >= 0.6 is 11.6 Å². The molecule has 1 unspecified atom stereocenters. The van der Waals surface area contributed by atoms with Crippen LogP contribution in [0.1, 0.15) is 31.1 Å². The molecule has 1 aromatic carbocycles. The normalized spacial score (nSPS) is 12.2. The largest absolute Gasteiger partial charge is 0.366 e. The van der Waals surface area contributed by atoms with Gasteiger partial charge in [-0.1, -0.05) is 23.7 Å². The summed E-state index contributed by atoms with van der Waals surface area (Å²) in [6.45, 7) is 5.72. The van der Waals surface area contributed by atoms with E-state index >= 15 is 0 Å². The fraction of sp³-hybridized carbons (Fsp3) is 0.312. The number of halogens is 1. The molecule has 0 saturated carbocycles. The summed E-state index contributed by atoms with van der Waals surface area (Å²) in [7, 11) is 0. The molecule has 2 N–H and O–H groups in total. The summed E-state index contributed by atoms with van der Waals surface area (Å²) < 4.78 is 0. The monoisotopic (exact) mass is 289 g/mol. The molecule has 0 aliphatic carbocycles. The number of hydrogen-bond acceptors (Lipinski definition) is 3. The summed E-state index contributed by atoms with van der Waals surface area (Å²) in [5.74, 6) is 0. The Hall–Kier alpha value is -1.58. The van der Waals surface area contributed by atoms with Crippen molar-refractivity contribution in [3.05, 3.63) is 58.9 Å². The van der Waals surface area contributed by atoms with Crippen LogP contribution in [-0.2, 0) is 6.54 Å². The van der Waals surface area contributed by atoms with Gasteiger partial charge in [0, 0.05) is 29.5 Å². The first-order chi connectivity index (χ1) is 9.61. The highest BCUT2D eigenvalue weighted by atomic mass is 35.5. The van der Waals surface area contributed by atoms with E-state index in [1.54, 1.807) is 0 Å². The predicted molar refractivity (Wildman–Crippen MR) is 85.0 cm³/mol. The van der Waals surface area contributed by atoms with Crippen molar-refractivity contribution in [2.75, 3.05) is 11.4 Å². The molecule has 1 aromatic heterocycles. The summed E-state index contributed by atoms with van der Waals surface area (Å²) >= 11 is 6.31. The minimum atomic E-state index is -0.0533. The van der Waals surface area contributed by atoms with Crippen molar-refractivity contribution in [3.63, 3.8) is 0 Å². The Morgan fingerprint density at radius 2 is 2.10 bits per heavy atom. The lowest BCUT2D eigenvalue weighted by molar-refractivity contribution is 0.801. The second kappa shape index (κ2) is 6.73. The zero-order valence-corrected chi connectivity index (χ0v) is 12.6. The van der Waals surface area contributed by atoms with E-state index in [4.69, 9.17) is 17.3 Å². The van der Waals surface area contributed by atoms with Crippen molar-refractivity contribution < 1.29 is 0 Å². The van der Waals surface area contributed by atoms with Crippen molar-refractivity contribution in [1.82, 2.24) is 4.98 Å². The lowest BCUT2D eigenvalue weighted by Crippen LogP contribution is -2.22. The van der Waals surface area contributed by atoms with Gasteiger partial charge in [-0.2, -0.15) is 0 Å². The Kier molecular flexibility index (Phi) is 4.99. The lowest BCUT2D eigenvalue weighted by Gasteiger charge is -2.24. The number of nitrogens with zero attached hydrogens (tertiary/aromatic N) is 2. The molecule has 0 spiro atoms. The molecule has 0 radical (unpaired) electrons. The van der Waals surface area contributed by atoms with E-state index in [-0.39, 0.29) is 6.04 Å². The average molecular weight is 290 g/mol. The standard InChI is InChI=1S/C16H20ClN3/c1-3-20(11-13-6-4-5-9-19-13)14-7-8-15(12(2)18)16(17)10-14/h4-10,12H,3,11,18H2,1-2H3. The number of hydrogen-bond donors (Lipinski definition) is 1. The van der Waals surface area contributed by atoms with Gasteiger partial charge in [-0.25, -0.2) is 0 Å². The van der Waals surface area contributed by atoms with Crippen LogP contribution in [0.15, 0.2) is 42.6 Å². The van der Waals surface area contributed by atoms with Crippen molar-refractivity contribution >= 4 is 17.3 Å². The quantitative estimate of drug-likeness (QED) is 0.911. The number of pyridine rings is 1. The van der Waals surface area contributed by atoms with Gasteiger partial charge in [-0.3, -0.25) is 4.98 Å². The van der Waals surface area contributed by atoms with Crippen LogP contribution in [0.3, 0.4) is 0 Å². The maximum atomic E-state index is 6.31. The van der Waals surface area contributed by atoms with Crippen LogP contribution in [0.5, 0.6) is 0 Å². The van der Waals surface area contributed by atoms with E-state index in [2.05, 4.69) is 22.9 Å². The molecular formula is C16H20ClN3. The van der Waals surface area contributed by atoms with Crippen LogP contribution in [0, 0.1) is 0 Å². The third-order valence-electron chi connectivity index (χ3n) is 3.30. The lowest BCUT2D eigenvalue weighted by atomic mass is 10.1. The molecule has 1 heterocycles. The van der Waals surface area contributed by atoms with Gasteiger partial charge in [0.2, 0.25) is 0 Å². The molecule has 20 heavy (non-hydrogen) atoms. The van der Waals surface area contributed by atoms with Crippen molar-refractivity contribution in [1.29, 1.82) is 0 Å². The van der Waals surface area contributed by atoms with Gasteiger partial charge in [0.05, 0.1) is 12.2 Å². The van der Waals surface area contributed by atoms with Gasteiger partial charge >= 0.3 is 0 Å². The van der Waals surface area contributed by atoms with E-state index in [9.17, 15) is 0 Å².